The number of rotatable bonds is 4. The van der Waals surface area contributed by atoms with Crippen molar-refractivity contribution >= 4 is 27.5 Å². The van der Waals surface area contributed by atoms with Gasteiger partial charge in [-0.2, -0.15) is 0 Å². The summed E-state index contributed by atoms with van der Waals surface area (Å²) in [5.41, 5.74) is 3.29. The van der Waals surface area contributed by atoms with E-state index in [1.165, 1.54) is 17.0 Å². The van der Waals surface area contributed by atoms with E-state index in [-0.39, 0.29) is 5.91 Å². The highest BCUT2D eigenvalue weighted by Crippen LogP contribution is 2.21. The van der Waals surface area contributed by atoms with E-state index in [9.17, 15) is 4.79 Å². The second-order valence-corrected chi connectivity index (χ2v) is 7.25. The van der Waals surface area contributed by atoms with Crippen LogP contribution in [-0.2, 0) is 11.8 Å². The Balaban J connectivity index is 1.66. The maximum Gasteiger partial charge on any atom is 0.279 e. The van der Waals surface area contributed by atoms with Gasteiger partial charge in [-0.3, -0.25) is 4.79 Å². The van der Waals surface area contributed by atoms with Crippen molar-refractivity contribution < 1.29 is 9.69 Å². The highest BCUT2D eigenvalue weighted by atomic mass is 79.9. The zero-order valence-corrected chi connectivity index (χ0v) is 15.2. The highest BCUT2D eigenvalue weighted by molar-refractivity contribution is 9.10. The molecule has 23 heavy (non-hydrogen) atoms. The fraction of sp³-hybridized carbons (Fsp3) is 0.389. The summed E-state index contributed by atoms with van der Waals surface area (Å²) < 4.78 is 3.20. The molecule has 0 aliphatic carbocycles. The van der Waals surface area contributed by atoms with Gasteiger partial charge in [0.2, 0.25) is 0 Å². The summed E-state index contributed by atoms with van der Waals surface area (Å²) in [5, 5.41) is 3.06. The first-order chi connectivity index (χ1) is 11.0. The van der Waals surface area contributed by atoms with Crippen LogP contribution in [0.4, 0.5) is 5.69 Å². The third kappa shape index (κ3) is 3.67. The topological polar surface area (TPSA) is 38.5 Å². The van der Waals surface area contributed by atoms with Gasteiger partial charge in [0.05, 0.1) is 12.2 Å². The van der Waals surface area contributed by atoms with Gasteiger partial charge in [0.1, 0.15) is 6.04 Å². The molecule has 1 unspecified atom stereocenters. The van der Waals surface area contributed by atoms with Crippen molar-refractivity contribution in [1.82, 2.24) is 4.57 Å². The monoisotopic (exact) mass is 376 g/mol. The molecule has 4 nitrogen and oxygen atoms in total. The average molecular weight is 377 g/mol. The van der Waals surface area contributed by atoms with E-state index in [2.05, 4.69) is 51.2 Å². The Kier molecular flexibility index (Phi) is 4.87. The van der Waals surface area contributed by atoms with E-state index in [0.29, 0.717) is 12.6 Å². The predicted molar refractivity (Wildman–Crippen MR) is 95.6 cm³/mol. The lowest BCUT2D eigenvalue weighted by molar-refractivity contribution is -0.910. The SMILES string of the molecule is Cc1cc(Br)ccc1NC(=O)C[NH+]1CCC[C@H]1c1cccn1C. The lowest BCUT2D eigenvalue weighted by Gasteiger charge is -2.22. The number of hydrogen-bond donors (Lipinski definition) is 2. The third-order valence-electron chi connectivity index (χ3n) is 4.67. The summed E-state index contributed by atoms with van der Waals surface area (Å²) in [4.78, 5) is 13.8. The molecule has 0 radical (unpaired) electrons. The minimum atomic E-state index is 0.0894. The van der Waals surface area contributed by atoms with Gasteiger partial charge in [0.15, 0.2) is 6.54 Å². The Hall–Kier alpha value is -1.59. The number of nitrogens with zero attached hydrogens (tertiary/aromatic N) is 1. The zero-order chi connectivity index (χ0) is 16.4. The standard InChI is InChI=1S/C18H22BrN3O/c1-13-11-14(19)7-8-15(13)20-18(23)12-22-10-4-6-17(22)16-5-3-9-21(16)2/h3,5,7-9,11,17H,4,6,10,12H2,1-2H3,(H,20,23)/p+1/t17-/m0/s1. The van der Waals surface area contributed by atoms with Crippen LogP contribution in [0.25, 0.3) is 0 Å². The fourth-order valence-corrected chi connectivity index (χ4v) is 3.96. The summed E-state index contributed by atoms with van der Waals surface area (Å²) in [6.45, 7) is 3.59. The molecule has 1 aromatic heterocycles. The number of likely N-dealkylation sites (tertiary alicyclic amines) is 1. The van der Waals surface area contributed by atoms with Crippen LogP contribution in [0, 0.1) is 6.92 Å². The molecule has 2 atom stereocenters. The van der Waals surface area contributed by atoms with Gasteiger partial charge in [-0.1, -0.05) is 15.9 Å². The number of carbonyl (C=O) groups is 1. The summed E-state index contributed by atoms with van der Waals surface area (Å²) >= 11 is 3.45. The summed E-state index contributed by atoms with van der Waals surface area (Å²) in [6.07, 6.45) is 4.41. The normalized spacial score (nSPS) is 20.7. The van der Waals surface area contributed by atoms with Crippen LogP contribution in [0.1, 0.15) is 30.1 Å². The Morgan fingerprint density at radius 2 is 2.26 bits per heavy atom. The van der Waals surface area contributed by atoms with Crippen molar-refractivity contribution in [2.45, 2.75) is 25.8 Å². The van der Waals surface area contributed by atoms with Crippen molar-refractivity contribution in [2.24, 2.45) is 7.05 Å². The first kappa shape index (κ1) is 16.3. The Labute approximate surface area is 145 Å². The van der Waals surface area contributed by atoms with Crippen molar-refractivity contribution in [3.63, 3.8) is 0 Å². The quantitative estimate of drug-likeness (QED) is 0.844. The maximum atomic E-state index is 12.5. The highest BCUT2D eigenvalue weighted by Gasteiger charge is 2.32. The number of aryl methyl sites for hydroxylation is 2. The van der Waals surface area contributed by atoms with Gasteiger partial charge in [-0.25, -0.2) is 0 Å². The van der Waals surface area contributed by atoms with E-state index < -0.39 is 0 Å². The molecule has 5 heteroatoms. The summed E-state index contributed by atoms with van der Waals surface area (Å²) in [5.74, 6) is 0.0894. The second-order valence-electron chi connectivity index (χ2n) is 6.33. The molecule has 1 amide bonds. The number of aromatic nitrogens is 1. The van der Waals surface area contributed by atoms with Crippen molar-refractivity contribution in [3.05, 3.63) is 52.3 Å². The van der Waals surface area contributed by atoms with E-state index in [1.807, 2.05) is 25.1 Å². The van der Waals surface area contributed by atoms with Gasteiger partial charge >= 0.3 is 0 Å². The molecule has 0 spiro atoms. The lowest BCUT2D eigenvalue weighted by atomic mass is 10.1. The van der Waals surface area contributed by atoms with Gasteiger partial charge in [-0.05, 0) is 42.8 Å². The number of halogens is 1. The Morgan fingerprint density at radius 1 is 1.43 bits per heavy atom. The van der Waals surface area contributed by atoms with Crippen LogP contribution < -0.4 is 10.2 Å². The fourth-order valence-electron chi connectivity index (χ4n) is 3.48. The lowest BCUT2D eigenvalue weighted by Crippen LogP contribution is -3.11. The maximum absolute atomic E-state index is 12.5. The minimum Gasteiger partial charge on any atom is -0.350 e. The molecular weight excluding hydrogens is 354 g/mol. The van der Waals surface area contributed by atoms with Crippen LogP contribution in [0.3, 0.4) is 0 Å². The number of quaternary nitrogens is 1. The zero-order valence-electron chi connectivity index (χ0n) is 13.6. The number of hydrogen-bond acceptors (Lipinski definition) is 1. The number of amides is 1. The third-order valence-corrected chi connectivity index (χ3v) is 5.17. The first-order valence-electron chi connectivity index (χ1n) is 8.06. The number of nitrogens with one attached hydrogen (secondary N) is 2. The molecule has 3 rings (SSSR count). The van der Waals surface area contributed by atoms with Crippen molar-refractivity contribution in [2.75, 3.05) is 18.4 Å². The molecule has 1 fully saturated rings. The second kappa shape index (κ2) is 6.89. The number of benzene rings is 1. The van der Waals surface area contributed by atoms with Crippen LogP contribution in [0.2, 0.25) is 0 Å². The van der Waals surface area contributed by atoms with E-state index in [4.69, 9.17) is 0 Å². The van der Waals surface area contributed by atoms with E-state index in [1.54, 1.807) is 0 Å². The van der Waals surface area contributed by atoms with Gasteiger partial charge < -0.3 is 14.8 Å². The molecule has 1 aliphatic rings. The van der Waals surface area contributed by atoms with Crippen LogP contribution >= 0.6 is 15.9 Å². The number of carbonyl (C=O) groups excluding carboxylic acids is 1. The Morgan fingerprint density at radius 3 is 2.96 bits per heavy atom. The minimum absolute atomic E-state index is 0.0894. The molecule has 2 heterocycles. The van der Waals surface area contributed by atoms with Crippen molar-refractivity contribution in [3.8, 4) is 0 Å². The molecule has 0 bridgehead atoms. The largest absolute Gasteiger partial charge is 0.350 e. The smallest absolute Gasteiger partial charge is 0.279 e. The van der Waals surface area contributed by atoms with Gasteiger partial charge in [0, 0.05) is 36.2 Å². The molecule has 122 valence electrons. The van der Waals surface area contributed by atoms with E-state index in [0.717, 1.165) is 28.7 Å². The van der Waals surface area contributed by atoms with Gasteiger partial charge in [0.25, 0.3) is 5.91 Å². The van der Waals surface area contributed by atoms with Crippen LogP contribution in [0.5, 0.6) is 0 Å². The molecule has 0 saturated carbocycles. The molecule has 1 aromatic carbocycles. The van der Waals surface area contributed by atoms with Gasteiger partial charge in [-0.15, -0.1) is 0 Å². The molecule has 1 aliphatic heterocycles. The molecular formula is C18H23BrN3O+. The van der Waals surface area contributed by atoms with E-state index >= 15 is 0 Å². The molecule has 2 aromatic rings. The predicted octanol–water partition coefficient (Wildman–Crippen LogP) is 2.45. The number of anilines is 1. The van der Waals surface area contributed by atoms with Crippen LogP contribution in [-0.4, -0.2) is 23.6 Å². The summed E-state index contributed by atoms with van der Waals surface area (Å²) in [6, 6.07) is 10.6. The molecule has 1 saturated heterocycles. The van der Waals surface area contributed by atoms with Crippen molar-refractivity contribution in [1.29, 1.82) is 0 Å². The average Bonchev–Trinajstić information content (AvgIpc) is 3.10. The first-order valence-corrected chi connectivity index (χ1v) is 8.85. The molecule has 2 N–H and O–H groups in total. The van der Waals surface area contributed by atoms with Crippen LogP contribution in [0.15, 0.2) is 41.0 Å². The Bertz CT molecular complexity index is 710. The summed E-state index contributed by atoms with van der Waals surface area (Å²) in [7, 11) is 2.08.